The fourth-order valence-corrected chi connectivity index (χ4v) is 6.17. The van der Waals surface area contributed by atoms with E-state index in [1.807, 2.05) is 13.0 Å². The minimum atomic E-state index is -4.63. The number of rotatable bonds is 25. The lowest BCUT2D eigenvalue weighted by Gasteiger charge is -2.08. The second-order valence-corrected chi connectivity index (χ2v) is 15.9. The molecule has 290 valence electrons. The number of phenolic OH excluding ortho intramolecular Hbond substituents is 1. The first-order valence-electron chi connectivity index (χ1n) is 19.3. The number of hydrogen-bond donors (Lipinski definition) is 2. The molecule has 0 aromatic heterocycles. The first kappa shape index (κ1) is 46.7. The summed E-state index contributed by atoms with van der Waals surface area (Å²) in [5, 5.41) is 9.78. The predicted molar refractivity (Wildman–Crippen MR) is 224 cm³/mol. The third-order valence-electron chi connectivity index (χ3n) is 9.19. The molecule has 1 rings (SSSR count). The molecule has 6 heteroatoms. The molecule has 0 aliphatic heterocycles. The van der Waals surface area contributed by atoms with Gasteiger partial charge in [-0.2, -0.15) is 8.42 Å². The topological polar surface area (TPSA) is 83.8 Å². The SMILES string of the molecule is CC(C)=CCCC(C)=CCCC(C)=CCCC(C)=CCCC(C)=CCCC(C)=CCCC(C)=CCCC(C)=CCc1cc(O)ccc1OS(=O)(=O)O. The van der Waals surface area contributed by atoms with E-state index in [1.54, 1.807) is 0 Å². The molecule has 0 amide bonds. The highest BCUT2D eigenvalue weighted by molar-refractivity contribution is 7.81. The summed E-state index contributed by atoms with van der Waals surface area (Å²) in [6, 6.07) is 4.10. The Morgan fingerprint density at radius 2 is 0.827 bits per heavy atom. The van der Waals surface area contributed by atoms with Crippen molar-refractivity contribution in [3.05, 3.63) is 117 Å². The van der Waals surface area contributed by atoms with Gasteiger partial charge < -0.3 is 9.29 Å². The van der Waals surface area contributed by atoms with Gasteiger partial charge in [-0.1, -0.05) is 93.2 Å². The van der Waals surface area contributed by atoms with Crippen molar-refractivity contribution in [3.63, 3.8) is 0 Å². The van der Waals surface area contributed by atoms with E-state index < -0.39 is 10.4 Å². The average Bonchev–Trinajstić information content (AvgIpc) is 3.04. The van der Waals surface area contributed by atoms with E-state index >= 15 is 0 Å². The van der Waals surface area contributed by atoms with E-state index in [4.69, 9.17) is 4.55 Å². The summed E-state index contributed by atoms with van der Waals surface area (Å²) < 4.78 is 35.9. The van der Waals surface area contributed by atoms with Crippen molar-refractivity contribution < 1.29 is 22.3 Å². The number of aromatic hydroxyl groups is 1. The molecule has 0 heterocycles. The van der Waals surface area contributed by atoms with E-state index in [2.05, 4.69) is 102 Å². The highest BCUT2D eigenvalue weighted by Crippen LogP contribution is 2.26. The molecule has 1 aromatic rings. The lowest BCUT2D eigenvalue weighted by Crippen LogP contribution is -2.08. The second kappa shape index (κ2) is 26.4. The molecule has 0 unspecified atom stereocenters. The standard InChI is InChI=1S/C46H70O5S/c1-36(2)17-10-18-37(3)19-11-20-38(4)21-12-22-39(5)23-13-24-40(6)25-14-26-41(7)27-15-28-42(8)29-16-30-43(9)31-32-44-35-45(47)33-34-46(44)51-52(48,49)50/h17,19,21,23,25,27,29,31,33-35,47H,10-16,18,20,22,24,26,28,30,32H2,1-9H3,(H,48,49,50). The molecule has 0 saturated carbocycles. The molecule has 1 aromatic carbocycles. The van der Waals surface area contributed by atoms with Gasteiger partial charge in [0.2, 0.25) is 0 Å². The fraction of sp³-hybridized carbons (Fsp3) is 0.522. The van der Waals surface area contributed by atoms with Gasteiger partial charge in [0.25, 0.3) is 0 Å². The van der Waals surface area contributed by atoms with Crippen LogP contribution in [0.1, 0.15) is 158 Å². The van der Waals surface area contributed by atoms with Gasteiger partial charge in [0.05, 0.1) is 0 Å². The number of allylic oxidation sites excluding steroid dienone is 16. The molecule has 0 saturated heterocycles. The lowest BCUT2D eigenvalue weighted by molar-refractivity contribution is 0.384. The van der Waals surface area contributed by atoms with Crippen molar-refractivity contribution in [1.82, 2.24) is 0 Å². The van der Waals surface area contributed by atoms with Gasteiger partial charge in [-0.05, 0) is 177 Å². The van der Waals surface area contributed by atoms with Crippen LogP contribution in [0.5, 0.6) is 11.5 Å². The molecule has 0 aliphatic carbocycles. The first-order valence-corrected chi connectivity index (χ1v) is 20.6. The molecule has 5 nitrogen and oxygen atoms in total. The van der Waals surface area contributed by atoms with Crippen LogP contribution in [0.2, 0.25) is 0 Å². The summed E-state index contributed by atoms with van der Waals surface area (Å²) in [6.07, 6.45) is 34.3. The van der Waals surface area contributed by atoms with Crippen LogP contribution < -0.4 is 4.18 Å². The summed E-state index contributed by atoms with van der Waals surface area (Å²) in [4.78, 5) is 0. The van der Waals surface area contributed by atoms with Crippen molar-refractivity contribution in [3.8, 4) is 11.5 Å². The van der Waals surface area contributed by atoms with Crippen LogP contribution in [-0.4, -0.2) is 18.1 Å². The molecule has 52 heavy (non-hydrogen) atoms. The van der Waals surface area contributed by atoms with E-state index in [1.165, 1.54) is 63.6 Å². The summed E-state index contributed by atoms with van der Waals surface area (Å²) in [5.41, 5.74) is 11.9. The third kappa shape index (κ3) is 25.6. The summed E-state index contributed by atoms with van der Waals surface area (Å²) in [5.74, 6) is 0.0149. The Morgan fingerprint density at radius 1 is 0.519 bits per heavy atom. The summed E-state index contributed by atoms with van der Waals surface area (Å²) >= 11 is 0. The Labute approximate surface area is 318 Å². The van der Waals surface area contributed by atoms with Crippen LogP contribution in [-0.2, 0) is 16.8 Å². The zero-order valence-corrected chi connectivity index (χ0v) is 34.8. The van der Waals surface area contributed by atoms with Crippen LogP contribution >= 0.6 is 0 Å². The highest BCUT2D eigenvalue weighted by Gasteiger charge is 2.12. The van der Waals surface area contributed by atoms with Gasteiger partial charge in [0.1, 0.15) is 11.5 Å². The highest BCUT2D eigenvalue weighted by atomic mass is 32.3. The number of benzene rings is 1. The predicted octanol–water partition coefficient (Wildman–Crippen LogP) is 14.2. The van der Waals surface area contributed by atoms with Gasteiger partial charge in [0, 0.05) is 5.56 Å². The van der Waals surface area contributed by atoms with E-state index in [0.717, 1.165) is 89.0 Å². The number of phenols is 1. The molecule has 0 atom stereocenters. The Hall–Kier alpha value is -3.35. The molecular formula is C46H70O5S. The van der Waals surface area contributed by atoms with Gasteiger partial charge in [0.15, 0.2) is 0 Å². The molecule has 0 spiro atoms. The minimum Gasteiger partial charge on any atom is -0.508 e. The Kier molecular flexibility index (Phi) is 23.7. The second-order valence-electron chi connectivity index (χ2n) is 14.9. The maximum Gasteiger partial charge on any atom is 0.446 e. The Morgan fingerprint density at radius 3 is 1.13 bits per heavy atom. The summed E-state index contributed by atoms with van der Waals surface area (Å²) in [6.45, 7) is 19.9. The van der Waals surface area contributed by atoms with Crippen LogP contribution in [0, 0.1) is 0 Å². The molecule has 0 fully saturated rings. The lowest BCUT2D eigenvalue weighted by atomic mass is 10.0. The van der Waals surface area contributed by atoms with Crippen molar-refractivity contribution >= 4 is 10.4 Å². The molecule has 0 bridgehead atoms. The quantitative estimate of drug-likeness (QED) is 0.0772. The molecule has 2 N–H and O–H groups in total. The van der Waals surface area contributed by atoms with Crippen LogP contribution in [0.4, 0.5) is 0 Å². The van der Waals surface area contributed by atoms with E-state index in [-0.39, 0.29) is 11.5 Å². The molecular weight excluding hydrogens is 665 g/mol. The Balaban J connectivity index is 2.33. The maximum atomic E-state index is 11.1. The minimum absolute atomic E-state index is 0.00711. The number of hydrogen-bond acceptors (Lipinski definition) is 4. The van der Waals surface area contributed by atoms with Crippen LogP contribution in [0.15, 0.2) is 111 Å². The van der Waals surface area contributed by atoms with Gasteiger partial charge in [-0.15, -0.1) is 0 Å². The van der Waals surface area contributed by atoms with Crippen molar-refractivity contribution in [2.45, 2.75) is 159 Å². The zero-order valence-electron chi connectivity index (χ0n) is 34.0. The maximum absolute atomic E-state index is 11.1. The largest absolute Gasteiger partial charge is 0.508 e. The smallest absolute Gasteiger partial charge is 0.446 e. The summed E-state index contributed by atoms with van der Waals surface area (Å²) in [7, 11) is -4.63. The van der Waals surface area contributed by atoms with Gasteiger partial charge >= 0.3 is 10.4 Å². The Bertz CT molecular complexity index is 1590. The van der Waals surface area contributed by atoms with Crippen molar-refractivity contribution in [1.29, 1.82) is 0 Å². The molecule has 0 aliphatic rings. The monoisotopic (exact) mass is 734 g/mol. The van der Waals surface area contributed by atoms with Crippen LogP contribution in [0.25, 0.3) is 0 Å². The van der Waals surface area contributed by atoms with E-state index in [0.29, 0.717) is 12.0 Å². The van der Waals surface area contributed by atoms with Gasteiger partial charge in [-0.3, -0.25) is 4.55 Å². The normalized spacial score (nSPS) is 14.2. The molecule has 0 radical (unpaired) electrons. The fourth-order valence-electron chi connectivity index (χ4n) is 5.78. The first-order chi connectivity index (χ1) is 24.5. The van der Waals surface area contributed by atoms with Gasteiger partial charge in [-0.25, -0.2) is 0 Å². The zero-order chi connectivity index (χ0) is 38.9. The van der Waals surface area contributed by atoms with Crippen molar-refractivity contribution in [2.24, 2.45) is 0 Å². The van der Waals surface area contributed by atoms with Crippen LogP contribution in [0.3, 0.4) is 0 Å². The van der Waals surface area contributed by atoms with Crippen molar-refractivity contribution in [2.75, 3.05) is 0 Å². The third-order valence-corrected chi connectivity index (χ3v) is 9.58. The van der Waals surface area contributed by atoms with E-state index in [9.17, 15) is 13.5 Å². The average molecular weight is 735 g/mol.